The Morgan fingerprint density at radius 3 is 2.52 bits per heavy atom. The summed E-state index contributed by atoms with van der Waals surface area (Å²) in [6, 6.07) is 6.09. The molecule has 0 aliphatic rings. The summed E-state index contributed by atoms with van der Waals surface area (Å²) in [7, 11) is -3.97. The third kappa shape index (κ3) is 3.41. The first-order valence-corrected chi connectivity index (χ1v) is 8.48. The molecule has 10 heteroatoms. The molecule has 0 saturated carbocycles. The molecule has 0 fully saturated rings. The molecule has 6 nitrogen and oxygen atoms in total. The van der Waals surface area contributed by atoms with Gasteiger partial charge in [-0.15, -0.1) is 0 Å². The molecule has 0 aliphatic heterocycles. The highest BCUT2D eigenvalue weighted by molar-refractivity contribution is 9.10. The number of halogens is 3. The summed E-state index contributed by atoms with van der Waals surface area (Å²) in [4.78, 5) is 3.81. The van der Waals surface area contributed by atoms with E-state index in [2.05, 4.69) is 31.1 Å². The van der Waals surface area contributed by atoms with Crippen molar-refractivity contribution in [3.8, 4) is 0 Å². The summed E-state index contributed by atoms with van der Waals surface area (Å²) in [6.45, 7) is 0. The van der Waals surface area contributed by atoms with Crippen LogP contribution in [0.25, 0.3) is 0 Å². The number of nitrogens with one attached hydrogen (secondary N) is 2. The fourth-order valence-electron chi connectivity index (χ4n) is 1.51. The van der Waals surface area contributed by atoms with Crippen molar-refractivity contribution in [3.63, 3.8) is 0 Å². The number of nitrogens with two attached hydrogens (primary N) is 1. The first kappa shape index (κ1) is 16.3. The van der Waals surface area contributed by atoms with Crippen LogP contribution in [0.15, 0.2) is 40.0 Å². The highest BCUT2D eigenvalue weighted by Gasteiger charge is 2.22. The lowest BCUT2D eigenvalue weighted by atomic mass is 10.3. The largest absolute Gasteiger partial charge is 0.321 e. The first-order chi connectivity index (χ1) is 9.86. The minimum absolute atomic E-state index is 0.0767. The van der Waals surface area contributed by atoms with Gasteiger partial charge in [0, 0.05) is 10.7 Å². The van der Waals surface area contributed by atoms with Crippen molar-refractivity contribution in [3.05, 3.63) is 45.0 Å². The number of rotatable bonds is 4. The van der Waals surface area contributed by atoms with Crippen LogP contribution in [0.5, 0.6) is 0 Å². The molecule has 0 amide bonds. The van der Waals surface area contributed by atoms with E-state index in [0.717, 1.165) is 0 Å². The van der Waals surface area contributed by atoms with Crippen molar-refractivity contribution < 1.29 is 8.42 Å². The van der Waals surface area contributed by atoms with Crippen LogP contribution in [-0.2, 0) is 10.0 Å². The lowest BCUT2D eigenvalue weighted by molar-refractivity contribution is 0.598. The van der Waals surface area contributed by atoms with Crippen LogP contribution >= 0.6 is 39.1 Å². The lowest BCUT2D eigenvalue weighted by Gasteiger charge is -2.12. The minimum Gasteiger partial charge on any atom is -0.321 e. The fourth-order valence-corrected chi connectivity index (χ4v) is 3.56. The number of benzene rings is 1. The number of hydrogen-bond donors (Lipinski definition) is 3. The maximum absolute atomic E-state index is 12.3. The summed E-state index contributed by atoms with van der Waals surface area (Å²) >= 11 is 15.2. The smallest absolute Gasteiger partial charge is 0.281 e. The van der Waals surface area contributed by atoms with Gasteiger partial charge < -0.3 is 5.43 Å². The summed E-state index contributed by atoms with van der Waals surface area (Å²) in [5.74, 6) is 5.28. The second-order valence-electron chi connectivity index (χ2n) is 3.83. The molecule has 0 spiro atoms. The predicted octanol–water partition coefficient (Wildman–Crippen LogP) is 3.24. The molecule has 2 aromatic rings. The summed E-state index contributed by atoms with van der Waals surface area (Å²) in [5.41, 5.74) is 2.57. The van der Waals surface area contributed by atoms with E-state index in [-0.39, 0.29) is 26.4 Å². The maximum Gasteiger partial charge on any atom is 0.281 e. The van der Waals surface area contributed by atoms with E-state index in [1.165, 1.54) is 18.3 Å². The average molecular weight is 412 g/mol. The molecule has 0 aliphatic carbocycles. The highest BCUT2D eigenvalue weighted by atomic mass is 79.9. The van der Waals surface area contributed by atoms with Gasteiger partial charge in [0.2, 0.25) is 5.03 Å². The minimum atomic E-state index is -3.97. The normalized spacial score (nSPS) is 11.2. The van der Waals surface area contributed by atoms with E-state index in [1.54, 1.807) is 12.1 Å². The quantitative estimate of drug-likeness (QED) is 0.407. The van der Waals surface area contributed by atoms with E-state index in [1.807, 2.05) is 0 Å². The molecule has 0 atom stereocenters. The topological polar surface area (TPSA) is 97.1 Å². The molecule has 0 unspecified atom stereocenters. The number of nitrogens with zero attached hydrogens (tertiary/aromatic N) is 1. The zero-order chi connectivity index (χ0) is 15.6. The third-order valence-corrected chi connectivity index (χ3v) is 5.55. The number of anilines is 2. The van der Waals surface area contributed by atoms with Gasteiger partial charge in [0.1, 0.15) is 0 Å². The third-order valence-electron chi connectivity index (χ3n) is 2.46. The second kappa shape index (κ2) is 6.37. The molecule has 1 aromatic heterocycles. The van der Waals surface area contributed by atoms with Crippen LogP contribution in [0.2, 0.25) is 10.0 Å². The molecule has 112 valence electrons. The van der Waals surface area contributed by atoms with Crippen molar-refractivity contribution in [2.75, 3.05) is 10.1 Å². The number of aromatic nitrogens is 1. The molecule has 21 heavy (non-hydrogen) atoms. The number of hydrogen-bond acceptors (Lipinski definition) is 5. The van der Waals surface area contributed by atoms with Gasteiger partial charge in [0.05, 0.1) is 21.4 Å². The highest BCUT2D eigenvalue weighted by Crippen LogP contribution is 2.36. The maximum atomic E-state index is 12.3. The van der Waals surface area contributed by atoms with Crippen LogP contribution in [-0.4, -0.2) is 13.4 Å². The lowest BCUT2D eigenvalue weighted by Crippen LogP contribution is -2.19. The number of sulfonamides is 1. The standard InChI is InChI=1S/C11H9BrCl2N4O2S/c12-6-3-4-7(10(14)9(6)13)18-21(19,20)11-8(17-15)2-1-5-16-11/h1-5,17-18H,15H2. The Balaban J connectivity index is 2.45. The van der Waals surface area contributed by atoms with Crippen molar-refractivity contribution >= 4 is 60.5 Å². The Kier molecular flexibility index (Phi) is 4.95. The fraction of sp³-hybridized carbons (Fsp3) is 0. The summed E-state index contributed by atoms with van der Waals surface area (Å²) in [6.07, 6.45) is 1.34. The Bertz CT molecular complexity index is 786. The monoisotopic (exact) mass is 410 g/mol. The molecule has 0 bridgehead atoms. The van der Waals surface area contributed by atoms with Gasteiger partial charge in [-0.1, -0.05) is 23.2 Å². The SMILES string of the molecule is NNc1cccnc1S(=O)(=O)Nc1ccc(Br)c(Cl)c1Cl. The van der Waals surface area contributed by atoms with Crippen LogP contribution in [0.4, 0.5) is 11.4 Å². The average Bonchev–Trinajstić information content (AvgIpc) is 2.48. The molecule has 2 rings (SSSR count). The van der Waals surface area contributed by atoms with Crippen LogP contribution < -0.4 is 16.0 Å². The number of pyridine rings is 1. The number of nitrogen functional groups attached to an aromatic ring is 1. The Labute approximate surface area is 139 Å². The van der Waals surface area contributed by atoms with E-state index in [9.17, 15) is 8.42 Å². The van der Waals surface area contributed by atoms with Crippen molar-refractivity contribution in [1.82, 2.24) is 4.98 Å². The van der Waals surface area contributed by atoms with E-state index in [4.69, 9.17) is 29.0 Å². The summed E-state index contributed by atoms with van der Waals surface area (Å²) in [5, 5.41) is 0.0328. The van der Waals surface area contributed by atoms with Crippen LogP contribution in [0, 0.1) is 0 Å². The Morgan fingerprint density at radius 1 is 1.14 bits per heavy atom. The Hall–Kier alpha value is -1.06. The molecule has 0 saturated heterocycles. The predicted molar refractivity (Wildman–Crippen MR) is 87.0 cm³/mol. The van der Waals surface area contributed by atoms with E-state index >= 15 is 0 Å². The summed E-state index contributed by atoms with van der Waals surface area (Å²) < 4.78 is 27.6. The van der Waals surface area contributed by atoms with Crippen molar-refractivity contribution in [1.29, 1.82) is 0 Å². The number of hydrazine groups is 1. The molecule has 1 heterocycles. The van der Waals surface area contributed by atoms with Gasteiger partial charge in [-0.2, -0.15) is 8.42 Å². The zero-order valence-electron chi connectivity index (χ0n) is 10.3. The van der Waals surface area contributed by atoms with Gasteiger partial charge in [0.15, 0.2) is 0 Å². The zero-order valence-corrected chi connectivity index (χ0v) is 14.2. The van der Waals surface area contributed by atoms with Crippen molar-refractivity contribution in [2.24, 2.45) is 5.84 Å². The second-order valence-corrected chi connectivity index (χ2v) is 7.04. The van der Waals surface area contributed by atoms with Gasteiger partial charge >= 0.3 is 0 Å². The first-order valence-electron chi connectivity index (χ1n) is 5.45. The van der Waals surface area contributed by atoms with Gasteiger partial charge in [-0.3, -0.25) is 10.6 Å². The van der Waals surface area contributed by atoms with E-state index < -0.39 is 10.0 Å². The van der Waals surface area contributed by atoms with Gasteiger partial charge in [0.25, 0.3) is 10.0 Å². The van der Waals surface area contributed by atoms with E-state index in [0.29, 0.717) is 4.47 Å². The molecule has 4 N–H and O–H groups in total. The Morgan fingerprint density at radius 2 is 1.86 bits per heavy atom. The van der Waals surface area contributed by atoms with Crippen LogP contribution in [0.1, 0.15) is 0 Å². The van der Waals surface area contributed by atoms with Crippen LogP contribution in [0.3, 0.4) is 0 Å². The van der Waals surface area contributed by atoms with Crippen molar-refractivity contribution in [2.45, 2.75) is 5.03 Å². The molecule has 0 radical (unpaired) electrons. The molecular weight excluding hydrogens is 403 g/mol. The molecular formula is C11H9BrCl2N4O2S. The van der Waals surface area contributed by atoms with Gasteiger partial charge in [-0.25, -0.2) is 4.98 Å². The van der Waals surface area contributed by atoms with Gasteiger partial charge in [-0.05, 0) is 40.2 Å². The molecule has 1 aromatic carbocycles.